The highest BCUT2D eigenvalue weighted by Crippen LogP contribution is 2.27. The lowest BCUT2D eigenvalue weighted by molar-refractivity contribution is 0.111. The first-order valence-electron chi connectivity index (χ1n) is 6.58. The molecule has 2 aromatic heterocycles. The van der Waals surface area contributed by atoms with Crippen LogP contribution in [0.4, 0.5) is 0 Å². The summed E-state index contributed by atoms with van der Waals surface area (Å²) in [5, 5.41) is 0. The second kappa shape index (κ2) is 4.87. The van der Waals surface area contributed by atoms with E-state index < -0.39 is 0 Å². The third-order valence-corrected chi connectivity index (χ3v) is 5.06. The van der Waals surface area contributed by atoms with Gasteiger partial charge in [0.1, 0.15) is 5.69 Å². The molecule has 3 nitrogen and oxygen atoms in total. The minimum atomic E-state index is 0.626. The van der Waals surface area contributed by atoms with Crippen LogP contribution >= 0.6 is 11.3 Å². The highest BCUT2D eigenvalue weighted by Gasteiger charge is 2.14. The fourth-order valence-electron chi connectivity index (χ4n) is 2.49. The van der Waals surface area contributed by atoms with Crippen LogP contribution in [0.1, 0.15) is 37.7 Å². The predicted molar refractivity (Wildman–Crippen MR) is 81.9 cm³/mol. The Labute approximate surface area is 121 Å². The van der Waals surface area contributed by atoms with E-state index in [9.17, 15) is 4.79 Å². The van der Waals surface area contributed by atoms with Crippen LogP contribution in [-0.2, 0) is 6.42 Å². The average molecular weight is 284 g/mol. The first-order valence-corrected chi connectivity index (χ1v) is 7.39. The number of hydrogen-bond acceptors (Lipinski definition) is 3. The molecule has 2 heterocycles. The van der Waals surface area contributed by atoms with E-state index in [0.29, 0.717) is 5.69 Å². The molecule has 0 radical (unpaired) electrons. The van der Waals surface area contributed by atoms with Crippen molar-refractivity contribution < 1.29 is 4.79 Å². The van der Waals surface area contributed by atoms with Gasteiger partial charge in [-0.2, -0.15) is 0 Å². The lowest BCUT2D eigenvalue weighted by Crippen LogP contribution is -1.96. The summed E-state index contributed by atoms with van der Waals surface area (Å²) < 4.78 is 1.94. The van der Waals surface area contributed by atoms with Gasteiger partial charge in [0, 0.05) is 17.0 Å². The number of nitrogens with zero attached hydrogens (tertiary/aromatic N) is 2. The lowest BCUT2D eigenvalue weighted by Gasteiger charge is -2.08. The van der Waals surface area contributed by atoms with E-state index in [-0.39, 0.29) is 0 Å². The number of fused-ring (bicyclic) bond motifs is 1. The molecule has 0 fully saturated rings. The van der Waals surface area contributed by atoms with Crippen molar-refractivity contribution in [3.05, 3.63) is 57.4 Å². The fraction of sp³-hybridized carbons (Fsp3) is 0.250. The minimum absolute atomic E-state index is 0.626. The highest BCUT2D eigenvalue weighted by molar-refractivity contribution is 7.17. The largest absolute Gasteiger partial charge is 0.296 e. The summed E-state index contributed by atoms with van der Waals surface area (Å²) in [5.41, 5.74) is 5.74. The van der Waals surface area contributed by atoms with Gasteiger partial charge in [-0.3, -0.25) is 9.20 Å². The van der Waals surface area contributed by atoms with Crippen molar-refractivity contribution in [3.8, 4) is 0 Å². The molecular formula is C16H16N2OS. The standard InChI is InChI=1S/C16H16N2OS/c1-10-5-4-6-13(11(10)2)7-15-12(3)18-14(9-19)8-17-16(18)20-15/h4-6,8-9H,7H2,1-3H3. The van der Waals surface area contributed by atoms with Gasteiger partial charge in [0.25, 0.3) is 0 Å². The fourth-order valence-corrected chi connectivity index (χ4v) is 3.61. The first kappa shape index (κ1) is 13.1. The quantitative estimate of drug-likeness (QED) is 0.687. The van der Waals surface area contributed by atoms with Crippen molar-refractivity contribution in [2.45, 2.75) is 27.2 Å². The Balaban J connectivity index is 2.07. The molecule has 1 aromatic carbocycles. The zero-order chi connectivity index (χ0) is 14.3. The third kappa shape index (κ3) is 1.96. The van der Waals surface area contributed by atoms with Gasteiger partial charge in [0.05, 0.1) is 6.20 Å². The van der Waals surface area contributed by atoms with Gasteiger partial charge in [0.2, 0.25) is 0 Å². The zero-order valence-corrected chi connectivity index (χ0v) is 12.6. The molecule has 0 aliphatic carbocycles. The van der Waals surface area contributed by atoms with Crippen LogP contribution in [0, 0.1) is 20.8 Å². The molecule has 3 rings (SSSR count). The summed E-state index contributed by atoms with van der Waals surface area (Å²) >= 11 is 1.66. The molecule has 3 aromatic rings. The van der Waals surface area contributed by atoms with Gasteiger partial charge >= 0.3 is 0 Å². The van der Waals surface area contributed by atoms with E-state index in [0.717, 1.165) is 23.4 Å². The maximum absolute atomic E-state index is 11.0. The number of aldehydes is 1. The Hall–Kier alpha value is -1.94. The summed E-state index contributed by atoms with van der Waals surface area (Å²) in [5.74, 6) is 0. The van der Waals surface area contributed by atoms with Crippen LogP contribution in [0.15, 0.2) is 24.4 Å². The number of benzene rings is 1. The molecule has 0 aliphatic heterocycles. The Morgan fingerprint density at radius 3 is 2.85 bits per heavy atom. The molecule has 0 unspecified atom stereocenters. The number of carbonyl (C=O) groups is 1. The summed E-state index contributed by atoms with van der Waals surface area (Å²) in [6, 6.07) is 6.41. The van der Waals surface area contributed by atoms with E-state index in [1.807, 2.05) is 4.40 Å². The minimum Gasteiger partial charge on any atom is -0.296 e. The van der Waals surface area contributed by atoms with E-state index >= 15 is 0 Å². The molecule has 0 N–H and O–H groups in total. The highest BCUT2D eigenvalue weighted by atomic mass is 32.1. The Bertz CT molecular complexity index is 798. The Kier molecular flexibility index (Phi) is 3.18. The van der Waals surface area contributed by atoms with Gasteiger partial charge in [-0.15, -0.1) is 11.3 Å². The van der Waals surface area contributed by atoms with Crippen LogP contribution in [0.5, 0.6) is 0 Å². The normalized spacial score (nSPS) is 11.2. The van der Waals surface area contributed by atoms with E-state index in [1.165, 1.54) is 21.6 Å². The Morgan fingerprint density at radius 2 is 2.10 bits per heavy atom. The molecule has 0 saturated carbocycles. The molecular weight excluding hydrogens is 268 g/mol. The molecule has 4 heteroatoms. The number of thiazole rings is 1. The summed E-state index contributed by atoms with van der Waals surface area (Å²) in [6.45, 7) is 6.35. The predicted octanol–water partition coefficient (Wildman–Crippen LogP) is 3.72. The van der Waals surface area contributed by atoms with Crippen molar-refractivity contribution in [2.24, 2.45) is 0 Å². The van der Waals surface area contributed by atoms with E-state index in [4.69, 9.17) is 0 Å². The smallest absolute Gasteiger partial charge is 0.194 e. The van der Waals surface area contributed by atoms with Crippen molar-refractivity contribution in [2.75, 3.05) is 0 Å². The van der Waals surface area contributed by atoms with Crippen LogP contribution in [-0.4, -0.2) is 15.7 Å². The van der Waals surface area contributed by atoms with E-state index in [2.05, 4.69) is 44.0 Å². The van der Waals surface area contributed by atoms with Gasteiger partial charge < -0.3 is 0 Å². The molecule has 0 bridgehead atoms. The van der Waals surface area contributed by atoms with Gasteiger partial charge in [-0.05, 0) is 37.5 Å². The molecule has 0 saturated heterocycles. The monoisotopic (exact) mass is 284 g/mol. The molecule has 0 atom stereocenters. The number of carbonyl (C=O) groups excluding carboxylic acids is 1. The number of hydrogen-bond donors (Lipinski definition) is 0. The van der Waals surface area contributed by atoms with Crippen LogP contribution < -0.4 is 0 Å². The molecule has 102 valence electrons. The second-order valence-electron chi connectivity index (χ2n) is 5.07. The zero-order valence-electron chi connectivity index (χ0n) is 11.8. The van der Waals surface area contributed by atoms with Crippen LogP contribution in [0.2, 0.25) is 0 Å². The van der Waals surface area contributed by atoms with Crippen molar-refractivity contribution in [1.29, 1.82) is 0 Å². The van der Waals surface area contributed by atoms with Gasteiger partial charge in [-0.1, -0.05) is 18.2 Å². The molecule has 20 heavy (non-hydrogen) atoms. The number of aryl methyl sites for hydroxylation is 2. The maximum atomic E-state index is 11.0. The van der Waals surface area contributed by atoms with Crippen molar-refractivity contribution in [3.63, 3.8) is 0 Å². The molecule has 0 amide bonds. The summed E-state index contributed by atoms with van der Waals surface area (Å²) in [6.07, 6.45) is 3.39. The van der Waals surface area contributed by atoms with Crippen LogP contribution in [0.3, 0.4) is 0 Å². The SMILES string of the molecule is Cc1cccc(Cc2sc3ncc(C=O)n3c2C)c1C. The topological polar surface area (TPSA) is 34.4 Å². The Morgan fingerprint density at radius 1 is 1.30 bits per heavy atom. The second-order valence-corrected chi connectivity index (χ2v) is 6.13. The third-order valence-electron chi connectivity index (χ3n) is 3.90. The molecule has 0 spiro atoms. The van der Waals surface area contributed by atoms with Gasteiger partial charge in [-0.25, -0.2) is 4.98 Å². The molecule has 0 aliphatic rings. The van der Waals surface area contributed by atoms with E-state index in [1.54, 1.807) is 17.5 Å². The average Bonchev–Trinajstić information content (AvgIpc) is 2.96. The van der Waals surface area contributed by atoms with Crippen LogP contribution in [0.25, 0.3) is 4.96 Å². The first-order chi connectivity index (χ1) is 9.61. The van der Waals surface area contributed by atoms with Gasteiger partial charge in [0.15, 0.2) is 11.2 Å². The summed E-state index contributed by atoms with van der Waals surface area (Å²) in [7, 11) is 0. The lowest BCUT2D eigenvalue weighted by atomic mass is 10.00. The number of aromatic nitrogens is 2. The number of imidazole rings is 1. The van der Waals surface area contributed by atoms with Crippen molar-refractivity contribution in [1.82, 2.24) is 9.38 Å². The summed E-state index contributed by atoms with van der Waals surface area (Å²) in [4.78, 5) is 17.5. The maximum Gasteiger partial charge on any atom is 0.194 e. The van der Waals surface area contributed by atoms with Crippen molar-refractivity contribution >= 4 is 22.6 Å². The number of rotatable bonds is 3.